The topological polar surface area (TPSA) is 41.9 Å². The van der Waals surface area contributed by atoms with Crippen LogP contribution in [0.3, 0.4) is 0 Å². The first kappa shape index (κ1) is 27.0. The van der Waals surface area contributed by atoms with Crippen LogP contribution >= 0.6 is 66.8 Å². The fourth-order valence-electron chi connectivity index (χ4n) is 3.64. The molecule has 4 aromatic rings. The van der Waals surface area contributed by atoms with Gasteiger partial charge in [0.25, 0.3) is 5.91 Å². The molecule has 0 spiro atoms. The number of aliphatic imine (C=N–C) groups is 1. The number of hydrogen-bond acceptors (Lipinski definition) is 4. The maximum atomic E-state index is 13.7. The van der Waals surface area contributed by atoms with E-state index in [2.05, 4.69) is 31.9 Å². The summed E-state index contributed by atoms with van der Waals surface area (Å²) in [5, 5.41) is 1.73. The Balaban J connectivity index is 1.50. The Morgan fingerprint density at radius 1 is 0.842 bits per heavy atom. The fourth-order valence-corrected chi connectivity index (χ4v) is 5.53. The molecule has 0 radical (unpaired) electrons. The molecule has 190 valence electrons. The molecule has 1 aliphatic heterocycles. The van der Waals surface area contributed by atoms with E-state index in [4.69, 9.17) is 32.9 Å². The van der Waals surface area contributed by atoms with Crippen molar-refractivity contribution in [3.05, 3.63) is 126 Å². The van der Waals surface area contributed by atoms with Gasteiger partial charge in [0.2, 0.25) is 0 Å². The Hall–Kier alpha value is -2.55. The number of carbonyl (C=O) groups is 1. The smallest absolute Gasteiger partial charge is 0.271 e. The normalized spacial score (nSPS) is 15.5. The van der Waals surface area contributed by atoms with Crippen LogP contribution in [0.5, 0.6) is 5.75 Å². The van der Waals surface area contributed by atoms with Crippen LogP contribution < -0.4 is 9.64 Å². The van der Waals surface area contributed by atoms with Crippen molar-refractivity contribution in [1.82, 2.24) is 0 Å². The van der Waals surface area contributed by atoms with Crippen LogP contribution in [0.2, 0.25) is 10.0 Å². The van der Waals surface area contributed by atoms with Crippen molar-refractivity contribution in [3.63, 3.8) is 0 Å². The monoisotopic (exact) mass is 686 g/mol. The molecule has 1 amide bonds. The highest BCUT2D eigenvalue weighted by Gasteiger charge is 2.35. The minimum atomic E-state index is -0.191. The van der Waals surface area contributed by atoms with E-state index in [1.165, 1.54) is 11.8 Å². The molecule has 4 aromatic carbocycles. The van der Waals surface area contributed by atoms with Gasteiger partial charge in [-0.3, -0.25) is 9.69 Å². The molecular weight excluding hydrogens is 671 g/mol. The number of benzene rings is 4. The first-order chi connectivity index (χ1) is 18.4. The lowest BCUT2D eigenvalue weighted by Gasteiger charge is -2.15. The average molecular weight is 689 g/mol. The highest BCUT2D eigenvalue weighted by Crippen LogP contribution is 2.39. The zero-order chi connectivity index (χ0) is 26.6. The SMILES string of the molecule is O=C1/C(=C/c2cc(Br)ccc2OCc2ccc(Br)cc2)SC(=Nc2ccc(Cl)cc2)N1c1ccc(Cl)cc1. The van der Waals surface area contributed by atoms with Crippen LogP contribution in [-0.4, -0.2) is 11.1 Å². The molecule has 38 heavy (non-hydrogen) atoms. The number of ether oxygens (including phenoxy) is 1. The van der Waals surface area contributed by atoms with Crippen molar-refractivity contribution >= 4 is 95.3 Å². The van der Waals surface area contributed by atoms with Crippen molar-refractivity contribution in [1.29, 1.82) is 0 Å². The van der Waals surface area contributed by atoms with Crippen LogP contribution in [-0.2, 0) is 11.4 Å². The minimum absolute atomic E-state index is 0.191. The number of rotatable bonds is 6. The zero-order valence-electron chi connectivity index (χ0n) is 19.6. The van der Waals surface area contributed by atoms with E-state index in [1.54, 1.807) is 41.3 Å². The summed E-state index contributed by atoms with van der Waals surface area (Å²) in [7, 11) is 0. The Labute approximate surface area is 251 Å². The van der Waals surface area contributed by atoms with Gasteiger partial charge in [0, 0.05) is 24.6 Å². The highest BCUT2D eigenvalue weighted by molar-refractivity contribution is 9.10. The Morgan fingerprint density at radius 3 is 2.16 bits per heavy atom. The lowest BCUT2D eigenvalue weighted by molar-refractivity contribution is -0.113. The molecule has 0 aliphatic carbocycles. The number of carbonyl (C=O) groups excluding carboxylic acids is 1. The summed E-state index contributed by atoms with van der Waals surface area (Å²) in [6.45, 7) is 0.395. The van der Waals surface area contributed by atoms with Crippen molar-refractivity contribution in [2.75, 3.05) is 4.90 Å². The maximum Gasteiger partial charge on any atom is 0.271 e. The van der Waals surface area contributed by atoms with Gasteiger partial charge in [-0.1, -0.05) is 67.2 Å². The second kappa shape index (κ2) is 12.1. The average Bonchev–Trinajstić information content (AvgIpc) is 3.20. The van der Waals surface area contributed by atoms with E-state index < -0.39 is 0 Å². The molecule has 0 saturated carbocycles. The molecule has 0 aromatic heterocycles. The summed E-state index contributed by atoms with van der Waals surface area (Å²) < 4.78 is 8.03. The van der Waals surface area contributed by atoms with Crippen LogP contribution in [0.25, 0.3) is 6.08 Å². The fraction of sp³-hybridized carbons (Fsp3) is 0.0345. The van der Waals surface area contributed by atoms with Crippen LogP contribution in [0.4, 0.5) is 11.4 Å². The number of hydrogen-bond donors (Lipinski definition) is 0. The van der Waals surface area contributed by atoms with Crippen LogP contribution in [0.15, 0.2) is 110 Å². The first-order valence-electron chi connectivity index (χ1n) is 11.4. The number of thioether (sulfide) groups is 1. The van der Waals surface area contributed by atoms with E-state index >= 15 is 0 Å². The molecule has 9 heteroatoms. The van der Waals surface area contributed by atoms with Crippen molar-refractivity contribution < 1.29 is 9.53 Å². The summed E-state index contributed by atoms with van der Waals surface area (Å²) in [6.07, 6.45) is 1.84. The third-order valence-corrected chi connectivity index (χ3v) is 8.00. The van der Waals surface area contributed by atoms with E-state index in [-0.39, 0.29) is 5.91 Å². The molecule has 0 N–H and O–H groups in total. The quantitative estimate of drug-likeness (QED) is 0.189. The van der Waals surface area contributed by atoms with Gasteiger partial charge in [-0.05, 0) is 102 Å². The third-order valence-electron chi connectivity index (χ3n) is 5.51. The van der Waals surface area contributed by atoms with Crippen LogP contribution in [0, 0.1) is 0 Å². The summed E-state index contributed by atoms with van der Waals surface area (Å²) >= 11 is 20.4. The van der Waals surface area contributed by atoms with E-state index in [9.17, 15) is 4.79 Å². The Morgan fingerprint density at radius 2 is 1.47 bits per heavy atom. The molecule has 1 heterocycles. The maximum absolute atomic E-state index is 13.7. The molecule has 4 nitrogen and oxygen atoms in total. The van der Waals surface area contributed by atoms with Crippen molar-refractivity contribution in [2.45, 2.75) is 6.61 Å². The van der Waals surface area contributed by atoms with Gasteiger partial charge in [0.05, 0.1) is 16.3 Å². The van der Waals surface area contributed by atoms with Gasteiger partial charge in [0.1, 0.15) is 12.4 Å². The largest absolute Gasteiger partial charge is 0.488 e. The molecule has 1 aliphatic rings. The lowest BCUT2D eigenvalue weighted by atomic mass is 10.1. The van der Waals surface area contributed by atoms with Crippen LogP contribution in [0.1, 0.15) is 11.1 Å². The lowest BCUT2D eigenvalue weighted by Crippen LogP contribution is -2.28. The number of amides is 1. The number of amidine groups is 1. The molecule has 1 saturated heterocycles. The number of anilines is 1. The molecule has 0 unspecified atom stereocenters. The van der Waals surface area contributed by atoms with E-state index in [1.807, 2.05) is 60.7 Å². The first-order valence-corrected chi connectivity index (χ1v) is 14.5. The minimum Gasteiger partial charge on any atom is -0.488 e. The summed E-state index contributed by atoms with van der Waals surface area (Å²) in [6, 6.07) is 27.9. The van der Waals surface area contributed by atoms with Gasteiger partial charge in [-0.2, -0.15) is 0 Å². The van der Waals surface area contributed by atoms with Gasteiger partial charge < -0.3 is 4.74 Å². The summed E-state index contributed by atoms with van der Waals surface area (Å²) in [5.74, 6) is 0.474. The molecule has 1 fully saturated rings. The molecule has 0 atom stereocenters. The predicted molar refractivity (Wildman–Crippen MR) is 166 cm³/mol. The summed E-state index contributed by atoms with van der Waals surface area (Å²) in [4.78, 5) is 20.6. The Kier molecular flexibility index (Phi) is 8.61. The third kappa shape index (κ3) is 6.53. The van der Waals surface area contributed by atoms with Gasteiger partial charge >= 0.3 is 0 Å². The van der Waals surface area contributed by atoms with Gasteiger partial charge in [-0.15, -0.1) is 0 Å². The second-order valence-corrected chi connectivity index (χ2v) is 11.9. The number of halogens is 4. The molecule has 0 bridgehead atoms. The second-order valence-electron chi connectivity index (χ2n) is 8.20. The Bertz CT molecular complexity index is 1540. The van der Waals surface area contributed by atoms with Crippen molar-refractivity contribution in [2.24, 2.45) is 4.99 Å². The summed E-state index contributed by atoms with van der Waals surface area (Å²) in [5.41, 5.74) is 3.17. The van der Waals surface area contributed by atoms with Gasteiger partial charge in [-0.25, -0.2) is 4.99 Å². The highest BCUT2D eigenvalue weighted by atomic mass is 79.9. The predicted octanol–water partition coefficient (Wildman–Crippen LogP) is 9.91. The van der Waals surface area contributed by atoms with Gasteiger partial charge in [0.15, 0.2) is 5.17 Å². The van der Waals surface area contributed by atoms with E-state index in [0.717, 1.165) is 20.1 Å². The van der Waals surface area contributed by atoms with E-state index in [0.29, 0.717) is 43.8 Å². The standard InChI is InChI=1S/C29H18Br2Cl2N2O2S/c30-20-3-1-18(2-4-20)17-37-26-14-5-21(31)15-19(26)16-27-28(36)35(25-12-8-23(33)9-13-25)29(38-27)34-24-10-6-22(32)7-11-24/h1-16H,17H2/b27-16-,34-29?. The van der Waals surface area contributed by atoms with Crippen molar-refractivity contribution in [3.8, 4) is 5.75 Å². The molecule has 5 rings (SSSR count). The molecular formula is C29H18Br2Cl2N2O2S. The zero-order valence-corrected chi connectivity index (χ0v) is 25.1. The number of nitrogens with zero attached hydrogens (tertiary/aromatic N) is 2.